The van der Waals surface area contributed by atoms with Gasteiger partial charge in [0.2, 0.25) is 0 Å². The maximum Gasteiger partial charge on any atom is 0.253 e. The minimum absolute atomic E-state index is 0.0817. The Labute approximate surface area is 180 Å². The van der Waals surface area contributed by atoms with Gasteiger partial charge in [-0.05, 0) is 47.9 Å². The van der Waals surface area contributed by atoms with Gasteiger partial charge in [-0.2, -0.15) is 0 Å². The summed E-state index contributed by atoms with van der Waals surface area (Å²) in [5.41, 5.74) is 8.22. The van der Waals surface area contributed by atoms with E-state index in [0.717, 1.165) is 5.56 Å². The first-order valence-corrected chi connectivity index (χ1v) is 10.00. The van der Waals surface area contributed by atoms with Crippen LogP contribution in [0.5, 0.6) is 5.75 Å². The highest BCUT2D eigenvalue weighted by Gasteiger charge is 2.21. The maximum absolute atomic E-state index is 13.9. The number of methoxy groups -OCH3 is 1. The molecule has 0 spiro atoms. The van der Waals surface area contributed by atoms with E-state index in [1.54, 1.807) is 43.6 Å². The molecule has 0 radical (unpaired) electrons. The molecule has 4 N–H and O–H groups in total. The Morgan fingerprint density at radius 2 is 1.97 bits per heavy atom. The first kappa shape index (κ1) is 22.4. The first-order valence-electron chi connectivity index (χ1n) is 10.00. The SMILES string of the molecule is COc1cccc(CNC(=O)c2cccnc2CC(O)C(N)Cc2ccccc2F)c1. The van der Waals surface area contributed by atoms with E-state index < -0.39 is 12.1 Å². The van der Waals surface area contributed by atoms with Crippen molar-refractivity contribution in [2.75, 3.05) is 7.11 Å². The van der Waals surface area contributed by atoms with Gasteiger partial charge in [0.25, 0.3) is 5.91 Å². The molecule has 6 nitrogen and oxygen atoms in total. The molecule has 3 aromatic rings. The molecule has 0 aliphatic carbocycles. The summed E-state index contributed by atoms with van der Waals surface area (Å²) in [5.74, 6) is 0.0437. The normalized spacial score (nSPS) is 12.8. The third-order valence-corrected chi connectivity index (χ3v) is 5.03. The second kappa shape index (κ2) is 10.7. The summed E-state index contributed by atoms with van der Waals surface area (Å²) < 4.78 is 19.1. The number of aromatic nitrogens is 1. The van der Waals surface area contributed by atoms with Crippen LogP contribution in [0.1, 0.15) is 27.2 Å². The van der Waals surface area contributed by atoms with Crippen LogP contribution in [0.3, 0.4) is 0 Å². The predicted octanol–water partition coefficient (Wildman–Crippen LogP) is 2.63. The maximum atomic E-state index is 13.9. The van der Waals surface area contributed by atoms with E-state index in [4.69, 9.17) is 10.5 Å². The first-order chi connectivity index (χ1) is 15.0. The molecular formula is C24H26FN3O3. The number of amides is 1. The van der Waals surface area contributed by atoms with E-state index in [1.807, 2.05) is 24.3 Å². The Morgan fingerprint density at radius 1 is 1.16 bits per heavy atom. The van der Waals surface area contributed by atoms with Crippen molar-refractivity contribution in [2.24, 2.45) is 5.73 Å². The van der Waals surface area contributed by atoms with Crippen LogP contribution in [0.25, 0.3) is 0 Å². The molecule has 0 bridgehead atoms. The van der Waals surface area contributed by atoms with E-state index in [2.05, 4.69) is 10.3 Å². The molecule has 1 amide bonds. The standard InChI is InChI=1S/C24H26FN3O3/c1-31-18-8-4-6-16(12-18)15-28-24(30)19-9-5-11-27-22(19)14-23(29)21(26)13-17-7-2-3-10-20(17)25/h2-12,21,23,29H,13-15,26H2,1H3,(H,28,30). The van der Waals surface area contributed by atoms with Crippen molar-refractivity contribution in [1.29, 1.82) is 0 Å². The highest BCUT2D eigenvalue weighted by atomic mass is 19.1. The Hall–Kier alpha value is -3.29. The lowest BCUT2D eigenvalue weighted by Gasteiger charge is -2.20. The summed E-state index contributed by atoms with van der Waals surface area (Å²) in [5, 5.41) is 13.4. The van der Waals surface area contributed by atoms with Crippen molar-refractivity contribution in [1.82, 2.24) is 10.3 Å². The largest absolute Gasteiger partial charge is 0.497 e. The zero-order valence-corrected chi connectivity index (χ0v) is 17.3. The number of nitrogens with two attached hydrogens (primary N) is 1. The number of benzene rings is 2. The number of carbonyl (C=O) groups excluding carboxylic acids is 1. The fraction of sp³-hybridized carbons (Fsp3) is 0.250. The molecule has 7 heteroatoms. The van der Waals surface area contributed by atoms with Crippen molar-refractivity contribution in [3.8, 4) is 5.75 Å². The van der Waals surface area contributed by atoms with Gasteiger partial charge in [-0.25, -0.2) is 4.39 Å². The van der Waals surface area contributed by atoms with E-state index in [-0.39, 0.29) is 24.6 Å². The molecule has 2 unspecified atom stereocenters. The van der Waals surface area contributed by atoms with Crippen LogP contribution >= 0.6 is 0 Å². The fourth-order valence-electron chi connectivity index (χ4n) is 3.27. The third kappa shape index (κ3) is 6.10. The lowest BCUT2D eigenvalue weighted by Crippen LogP contribution is -2.39. The molecule has 0 saturated carbocycles. The molecule has 1 heterocycles. The van der Waals surface area contributed by atoms with Gasteiger partial charge in [-0.3, -0.25) is 9.78 Å². The lowest BCUT2D eigenvalue weighted by atomic mass is 9.97. The van der Waals surface area contributed by atoms with Crippen molar-refractivity contribution >= 4 is 5.91 Å². The van der Waals surface area contributed by atoms with Crippen LogP contribution in [0.2, 0.25) is 0 Å². The molecule has 0 fully saturated rings. The number of rotatable bonds is 9. The Balaban J connectivity index is 1.64. The number of hydrogen-bond donors (Lipinski definition) is 3. The highest BCUT2D eigenvalue weighted by Crippen LogP contribution is 2.15. The molecule has 3 rings (SSSR count). The van der Waals surface area contributed by atoms with Crippen LogP contribution in [0.15, 0.2) is 66.9 Å². The fourth-order valence-corrected chi connectivity index (χ4v) is 3.27. The molecular weight excluding hydrogens is 397 g/mol. The molecule has 2 aromatic carbocycles. The molecule has 31 heavy (non-hydrogen) atoms. The van der Waals surface area contributed by atoms with Crippen LogP contribution in [-0.4, -0.2) is 35.3 Å². The van der Waals surface area contributed by atoms with Gasteiger partial charge in [0.1, 0.15) is 11.6 Å². The quantitative estimate of drug-likeness (QED) is 0.492. The van der Waals surface area contributed by atoms with E-state index in [9.17, 15) is 14.3 Å². The summed E-state index contributed by atoms with van der Waals surface area (Å²) in [4.78, 5) is 17.0. The van der Waals surface area contributed by atoms with Crippen molar-refractivity contribution in [3.05, 3.63) is 95.1 Å². The lowest BCUT2D eigenvalue weighted by molar-refractivity contribution is 0.0947. The van der Waals surface area contributed by atoms with Crippen molar-refractivity contribution < 1.29 is 19.0 Å². The second-order valence-corrected chi connectivity index (χ2v) is 7.26. The molecule has 162 valence electrons. The minimum atomic E-state index is -0.987. The van der Waals surface area contributed by atoms with Gasteiger partial charge < -0.3 is 20.9 Å². The number of pyridine rings is 1. The second-order valence-electron chi connectivity index (χ2n) is 7.26. The topological polar surface area (TPSA) is 97.5 Å². The minimum Gasteiger partial charge on any atom is -0.497 e. The van der Waals surface area contributed by atoms with Crippen molar-refractivity contribution in [2.45, 2.75) is 31.5 Å². The number of nitrogens with one attached hydrogen (secondary N) is 1. The molecule has 1 aromatic heterocycles. The van der Waals surface area contributed by atoms with Gasteiger partial charge in [0.05, 0.1) is 24.5 Å². The van der Waals surface area contributed by atoms with Crippen LogP contribution in [-0.2, 0) is 19.4 Å². The Kier molecular flexibility index (Phi) is 7.70. The summed E-state index contributed by atoms with van der Waals surface area (Å²) in [6, 6.07) is 16.3. The van der Waals surface area contributed by atoms with Gasteiger partial charge in [-0.15, -0.1) is 0 Å². The van der Waals surface area contributed by atoms with E-state index in [0.29, 0.717) is 29.1 Å². The average molecular weight is 423 g/mol. The highest BCUT2D eigenvalue weighted by molar-refractivity contribution is 5.95. The monoisotopic (exact) mass is 423 g/mol. The van der Waals surface area contributed by atoms with Gasteiger partial charge in [-0.1, -0.05) is 30.3 Å². The summed E-state index contributed by atoms with van der Waals surface area (Å²) >= 11 is 0. The number of ether oxygens (including phenoxy) is 1. The Morgan fingerprint density at radius 3 is 2.74 bits per heavy atom. The average Bonchev–Trinajstić information content (AvgIpc) is 2.79. The summed E-state index contributed by atoms with van der Waals surface area (Å²) in [6.45, 7) is 0.319. The van der Waals surface area contributed by atoms with Gasteiger partial charge in [0.15, 0.2) is 0 Å². The number of nitrogens with zero attached hydrogens (tertiary/aromatic N) is 1. The van der Waals surface area contributed by atoms with Gasteiger partial charge >= 0.3 is 0 Å². The van der Waals surface area contributed by atoms with Crippen LogP contribution in [0.4, 0.5) is 4.39 Å². The van der Waals surface area contributed by atoms with E-state index >= 15 is 0 Å². The zero-order chi connectivity index (χ0) is 22.2. The molecule has 2 atom stereocenters. The van der Waals surface area contributed by atoms with Crippen LogP contribution in [0, 0.1) is 5.82 Å². The summed E-state index contributed by atoms with van der Waals surface area (Å²) in [7, 11) is 1.59. The Bertz CT molecular complexity index is 1030. The summed E-state index contributed by atoms with van der Waals surface area (Å²) in [6.07, 6.45) is 0.833. The molecule has 0 aliphatic heterocycles. The number of aliphatic hydroxyl groups is 1. The third-order valence-electron chi connectivity index (χ3n) is 5.03. The predicted molar refractivity (Wildman–Crippen MR) is 116 cm³/mol. The van der Waals surface area contributed by atoms with Crippen molar-refractivity contribution in [3.63, 3.8) is 0 Å². The number of aliphatic hydroxyl groups excluding tert-OH is 1. The number of carbonyl (C=O) groups is 1. The number of hydrogen-bond acceptors (Lipinski definition) is 5. The van der Waals surface area contributed by atoms with Crippen LogP contribution < -0.4 is 15.8 Å². The van der Waals surface area contributed by atoms with Gasteiger partial charge in [0, 0.05) is 25.2 Å². The molecule has 0 saturated heterocycles. The molecule has 0 aliphatic rings. The van der Waals surface area contributed by atoms with E-state index in [1.165, 1.54) is 6.07 Å². The zero-order valence-electron chi connectivity index (χ0n) is 17.3. The smallest absolute Gasteiger partial charge is 0.253 e. The number of halogens is 1.